The van der Waals surface area contributed by atoms with Gasteiger partial charge in [-0.1, -0.05) is 13.8 Å². The average molecular weight is 152 g/mol. The second-order valence-electron chi connectivity index (χ2n) is 0.856. The molecule has 0 aliphatic heterocycles. The van der Waals surface area contributed by atoms with Gasteiger partial charge in [-0.05, 0) is 0 Å². The zero-order chi connectivity index (χ0) is 6.12. The molecule has 0 aliphatic carbocycles. The summed E-state index contributed by atoms with van der Waals surface area (Å²) in [7, 11) is 0. The maximum absolute atomic E-state index is 4.00. The van der Waals surface area contributed by atoms with Gasteiger partial charge in [0.15, 0.2) is 0 Å². The third-order valence-electron chi connectivity index (χ3n) is 0.447. The van der Waals surface area contributed by atoms with E-state index in [1.54, 1.807) is 0 Å². The van der Waals surface area contributed by atoms with Crippen LogP contribution in [0.2, 0.25) is 0 Å². The standard InChI is InChI=1S/C4H10N.H4N2.Ti/c1-3-5-4-2;1-2;/h3-4H2,1-2H3;1-2H2;/q-1;;. The monoisotopic (exact) mass is 152 g/mol. The van der Waals surface area contributed by atoms with Crippen LogP contribution in [0.5, 0.6) is 0 Å². The van der Waals surface area contributed by atoms with Crippen LogP contribution in [0.25, 0.3) is 5.32 Å². The van der Waals surface area contributed by atoms with Gasteiger partial charge in [-0.15, -0.1) is 0 Å². The molecule has 0 aromatic carbocycles. The van der Waals surface area contributed by atoms with Gasteiger partial charge in [0.2, 0.25) is 0 Å². The SMILES string of the molecule is CC[N-]CC.NN.[Ti]. The molecular formula is C4H14N3Ti-. The quantitative estimate of drug-likeness (QED) is 0.337. The minimum Gasteiger partial charge on any atom is -0.663 e. The molecular weight excluding hydrogens is 138 g/mol. The van der Waals surface area contributed by atoms with E-state index < -0.39 is 0 Å². The summed E-state index contributed by atoms with van der Waals surface area (Å²) in [6, 6.07) is 0. The van der Waals surface area contributed by atoms with Gasteiger partial charge in [-0.2, -0.15) is 13.1 Å². The average Bonchev–Trinajstić information content (AvgIpc) is 1.75. The first-order valence-electron chi connectivity index (χ1n) is 2.38. The van der Waals surface area contributed by atoms with Crippen LogP contribution in [-0.4, -0.2) is 13.1 Å². The predicted octanol–water partition coefficient (Wildman–Crippen LogP) is 0.216. The molecule has 0 rings (SSSR count). The minimum atomic E-state index is 0. The first-order valence-corrected chi connectivity index (χ1v) is 2.38. The van der Waals surface area contributed by atoms with Crippen molar-refractivity contribution >= 4 is 0 Å². The van der Waals surface area contributed by atoms with E-state index in [0.29, 0.717) is 0 Å². The fraction of sp³-hybridized carbons (Fsp3) is 1.00. The van der Waals surface area contributed by atoms with Crippen LogP contribution in [-0.2, 0) is 21.7 Å². The maximum atomic E-state index is 4.00. The molecule has 3 nitrogen and oxygen atoms in total. The van der Waals surface area contributed by atoms with Crippen molar-refractivity contribution in [2.45, 2.75) is 13.8 Å². The molecule has 0 radical (unpaired) electrons. The van der Waals surface area contributed by atoms with Gasteiger partial charge in [0.1, 0.15) is 0 Å². The molecule has 4 heteroatoms. The number of rotatable bonds is 2. The Balaban J connectivity index is -0.0000000750. The first kappa shape index (κ1) is 15.8. The van der Waals surface area contributed by atoms with Crippen molar-refractivity contribution < 1.29 is 21.7 Å². The van der Waals surface area contributed by atoms with Gasteiger partial charge >= 0.3 is 0 Å². The molecule has 4 N–H and O–H groups in total. The van der Waals surface area contributed by atoms with Crippen LogP contribution >= 0.6 is 0 Å². The van der Waals surface area contributed by atoms with E-state index in [9.17, 15) is 0 Å². The van der Waals surface area contributed by atoms with Crippen LogP contribution < -0.4 is 11.7 Å². The Morgan fingerprint density at radius 2 is 1.38 bits per heavy atom. The van der Waals surface area contributed by atoms with E-state index in [2.05, 4.69) is 17.0 Å². The molecule has 0 spiro atoms. The third-order valence-corrected chi connectivity index (χ3v) is 0.447. The number of nitrogens with two attached hydrogens (primary N) is 2. The second kappa shape index (κ2) is 25.6. The molecule has 0 aliphatic rings. The summed E-state index contributed by atoms with van der Waals surface area (Å²) >= 11 is 0. The van der Waals surface area contributed by atoms with Crippen molar-refractivity contribution in [3.63, 3.8) is 0 Å². The molecule has 0 heterocycles. The van der Waals surface area contributed by atoms with E-state index >= 15 is 0 Å². The fourth-order valence-electron chi connectivity index (χ4n) is 0.224. The molecule has 0 bridgehead atoms. The Morgan fingerprint density at radius 1 is 1.12 bits per heavy atom. The summed E-state index contributed by atoms with van der Waals surface area (Å²) in [4.78, 5) is 0. The zero-order valence-electron chi connectivity index (χ0n) is 5.52. The zero-order valence-corrected chi connectivity index (χ0v) is 7.08. The number of hydrogen-bond donors (Lipinski definition) is 2. The summed E-state index contributed by atoms with van der Waals surface area (Å²) < 4.78 is 0. The predicted molar refractivity (Wildman–Crippen MR) is 32.8 cm³/mol. The topological polar surface area (TPSA) is 66.1 Å². The summed E-state index contributed by atoms with van der Waals surface area (Å²) in [6.45, 7) is 6.03. The fourth-order valence-corrected chi connectivity index (χ4v) is 0.224. The van der Waals surface area contributed by atoms with Crippen LogP contribution in [0.3, 0.4) is 0 Å². The first-order chi connectivity index (χ1) is 3.41. The summed E-state index contributed by atoms with van der Waals surface area (Å²) in [5.41, 5.74) is 0. The van der Waals surface area contributed by atoms with Crippen molar-refractivity contribution in [3.8, 4) is 0 Å². The number of hydrogen-bond acceptors (Lipinski definition) is 2. The minimum absolute atomic E-state index is 0. The molecule has 0 aromatic heterocycles. The normalized spacial score (nSPS) is 6.00. The molecule has 0 fully saturated rings. The Kier molecular flexibility index (Phi) is 50.6. The Bertz CT molecular complexity index is 18.8. The van der Waals surface area contributed by atoms with Crippen molar-refractivity contribution in [1.82, 2.24) is 0 Å². The summed E-state index contributed by atoms with van der Waals surface area (Å²) in [6.07, 6.45) is 0. The molecule has 0 saturated carbocycles. The van der Waals surface area contributed by atoms with Crippen LogP contribution in [0.15, 0.2) is 0 Å². The van der Waals surface area contributed by atoms with Gasteiger partial charge in [-0.25, -0.2) is 0 Å². The third kappa shape index (κ3) is 30.7. The van der Waals surface area contributed by atoms with E-state index in [1.807, 2.05) is 13.8 Å². The molecule has 0 aromatic rings. The van der Waals surface area contributed by atoms with Crippen LogP contribution in [0.4, 0.5) is 0 Å². The van der Waals surface area contributed by atoms with Crippen molar-refractivity contribution in [2.24, 2.45) is 11.7 Å². The second-order valence-corrected chi connectivity index (χ2v) is 0.856. The summed E-state index contributed by atoms with van der Waals surface area (Å²) in [5, 5.41) is 3.97. The molecule has 0 atom stereocenters. The van der Waals surface area contributed by atoms with Crippen LogP contribution in [0, 0.1) is 0 Å². The molecule has 50 valence electrons. The van der Waals surface area contributed by atoms with E-state index in [-0.39, 0.29) is 21.7 Å². The number of hydrazine groups is 1. The van der Waals surface area contributed by atoms with Gasteiger partial charge in [0.05, 0.1) is 0 Å². The van der Waals surface area contributed by atoms with Crippen molar-refractivity contribution in [2.75, 3.05) is 13.1 Å². The Morgan fingerprint density at radius 3 is 1.38 bits per heavy atom. The smallest absolute Gasteiger partial charge is 0 e. The Hall–Kier alpha value is 0.594. The maximum Gasteiger partial charge on any atom is 0 e. The van der Waals surface area contributed by atoms with E-state index in [0.717, 1.165) is 13.1 Å². The van der Waals surface area contributed by atoms with Crippen LogP contribution in [0.1, 0.15) is 13.8 Å². The largest absolute Gasteiger partial charge is 0.663 e. The summed E-state index contributed by atoms with van der Waals surface area (Å²) in [5.74, 6) is 8.00. The van der Waals surface area contributed by atoms with Gasteiger partial charge in [-0.3, -0.25) is 11.7 Å². The van der Waals surface area contributed by atoms with Crippen molar-refractivity contribution in [3.05, 3.63) is 5.32 Å². The number of nitrogens with zero attached hydrogens (tertiary/aromatic N) is 1. The van der Waals surface area contributed by atoms with Gasteiger partial charge in [0, 0.05) is 21.7 Å². The van der Waals surface area contributed by atoms with E-state index in [4.69, 9.17) is 0 Å². The molecule has 0 unspecified atom stereocenters. The van der Waals surface area contributed by atoms with Crippen molar-refractivity contribution in [1.29, 1.82) is 0 Å². The molecule has 0 amide bonds. The van der Waals surface area contributed by atoms with Gasteiger partial charge in [0.25, 0.3) is 0 Å². The molecule has 0 saturated heterocycles. The Labute approximate surface area is 66.0 Å². The van der Waals surface area contributed by atoms with Gasteiger partial charge < -0.3 is 5.32 Å². The van der Waals surface area contributed by atoms with E-state index in [1.165, 1.54) is 0 Å². The molecule has 8 heavy (non-hydrogen) atoms.